The lowest BCUT2D eigenvalue weighted by atomic mass is 10.3. The molecule has 0 atom stereocenters. The van der Waals surface area contributed by atoms with Gasteiger partial charge in [-0.15, -0.1) is 11.3 Å². The van der Waals surface area contributed by atoms with Gasteiger partial charge in [-0.05, 0) is 35.3 Å². The van der Waals surface area contributed by atoms with Gasteiger partial charge >= 0.3 is 0 Å². The van der Waals surface area contributed by atoms with Gasteiger partial charge in [0.1, 0.15) is 0 Å². The first-order valence-electron chi connectivity index (χ1n) is 3.49. The highest BCUT2D eigenvalue weighted by molar-refractivity contribution is 9.10. The van der Waals surface area contributed by atoms with Crippen LogP contribution in [0.3, 0.4) is 0 Å². The van der Waals surface area contributed by atoms with Gasteiger partial charge in [0.2, 0.25) is 0 Å². The molecule has 0 bridgehead atoms. The SMILES string of the molecule is CCCc1sc(C)cc1Br. The lowest BCUT2D eigenvalue weighted by Gasteiger charge is -1.90. The largest absolute Gasteiger partial charge is 0.145 e. The number of hydrogen-bond donors (Lipinski definition) is 0. The quantitative estimate of drug-likeness (QED) is 0.710. The zero-order valence-electron chi connectivity index (χ0n) is 6.28. The molecule has 0 saturated carbocycles. The second kappa shape index (κ2) is 3.54. The average molecular weight is 219 g/mol. The summed E-state index contributed by atoms with van der Waals surface area (Å²) in [5, 5.41) is 0. The molecular weight excluding hydrogens is 208 g/mol. The van der Waals surface area contributed by atoms with E-state index in [1.807, 2.05) is 11.3 Å². The van der Waals surface area contributed by atoms with Crippen LogP contribution in [-0.2, 0) is 6.42 Å². The van der Waals surface area contributed by atoms with Crippen LogP contribution in [0.1, 0.15) is 23.1 Å². The molecule has 0 saturated heterocycles. The number of halogens is 1. The minimum Gasteiger partial charge on any atom is -0.145 e. The van der Waals surface area contributed by atoms with Crippen molar-refractivity contribution in [1.82, 2.24) is 0 Å². The highest BCUT2D eigenvalue weighted by Gasteiger charge is 2.01. The molecule has 0 aliphatic carbocycles. The molecule has 2 heteroatoms. The standard InChI is InChI=1S/C8H11BrS/c1-3-4-8-7(9)5-6(2)10-8/h5H,3-4H2,1-2H3. The minimum atomic E-state index is 1.21. The van der Waals surface area contributed by atoms with Crippen LogP contribution in [0.15, 0.2) is 10.5 Å². The second-order valence-corrected chi connectivity index (χ2v) is 4.57. The Labute approximate surface area is 74.4 Å². The maximum absolute atomic E-state index is 3.53. The Bertz CT molecular complexity index is 215. The minimum absolute atomic E-state index is 1.21. The van der Waals surface area contributed by atoms with Gasteiger partial charge in [0.25, 0.3) is 0 Å². The van der Waals surface area contributed by atoms with Crippen molar-refractivity contribution in [3.05, 3.63) is 20.3 Å². The maximum atomic E-state index is 3.53. The smallest absolute Gasteiger partial charge is 0.0317 e. The molecule has 10 heavy (non-hydrogen) atoms. The first-order valence-corrected chi connectivity index (χ1v) is 5.09. The third-order valence-corrected chi connectivity index (χ3v) is 3.44. The summed E-state index contributed by atoms with van der Waals surface area (Å²) in [6.45, 7) is 4.36. The third-order valence-electron chi connectivity index (χ3n) is 1.36. The summed E-state index contributed by atoms with van der Waals surface area (Å²) in [5.41, 5.74) is 0. The Morgan fingerprint density at radius 1 is 1.60 bits per heavy atom. The summed E-state index contributed by atoms with van der Waals surface area (Å²) in [4.78, 5) is 2.88. The number of aryl methyl sites for hydroxylation is 2. The Kier molecular flexibility index (Phi) is 2.93. The van der Waals surface area contributed by atoms with Crippen molar-refractivity contribution in [2.24, 2.45) is 0 Å². The van der Waals surface area contributed by atoms with Crippen molar-refractivity contribution >= 4 is 27.3 Å². The van der Waals surface area contributed by atoms with E-state index in [0.29, 0.717) is 0 Å². The summed E-state index contributed by atoms with van der Waals surface area (Å²) < 4.78 is 1.29. The molecule has 1 heterocycles. The van der Waals surface area contributed by atoms with Crippen molar-refractivity contribution in [1.29, 1.82) is 0 Å². The Morgan fingerprint density at radius 2 is 2.30 bits per heavy atom. The predicted molar refractivity (Wildman–Crippen MR) is 50.8 cm³/mol. The van der Waals surface area contributed by atoms with Crippen molar-refractivity contribution in [3.63, 3.8) is 0 Å². The topological polar surface area (TPSA) is 0 Å². The van der Waals surface area contributed by atoms with Gasteiger partial charge in [0.15, 0.2) is 0 Å². The third kappa shape index (κ3) is 1.83. The van der Waals surface area contributed by atoms with Crippen LogP contribution in [0.5, 0.6) is 0 Å². The van der Waals surface area contributed by atoms with Gasteiger partial charge < -0.3 is 0 Å². The predicted octanol–water partition coefficient (Wildman–Crippen LogP) is 3.77. The molecule has 0 amide bonds. The van der Waals surface area contributed by atoms with E-state index in [1.165, 1.54) is 27.1 Å². The van der Waals surface area contributed by atoms with Gasteiger partial charge in [-0.1, -0.05) is 13.3 Å². The van der Waals surface area contributed by atoms with E-state index in [9.17, 15) is 0 Å². The Morgan fingerprint density at radius 3 is 2.70 bits per heavy atom. The summed E-state index contributed by atoms with van der Waals surface area (Å²) in [6, 6.07) is 2.19. The molecule has 1 aromatic heterocycles. The molecule has 0 radical (unpaired) electrons. The Balaban J connectivity index is 2.81. The van der Waals surface area contributed by atoms with Gasteiger partial charge in [0, 0.05) is 14.2 Å². The normalized spacial score (nSPS) is 10.3. The van der Waals surface area contributed by atoms with Crippen LogP contribution >= 0.6 is 27.3 Å². The zero-order valence-corrected chi connectivity index (χ0v) is 8.68. The van der Waals surface area contributed by atoms with Gasteiger partial charge in [-0.3, -0.25) is 0 Å². The van der Waals surface area contributed by atoms with Gasteiger partial charge in [-0.25, -0.2) is 0 Å². The van der Waals surface area contributed by atoms with Crippen LogP contribution in [-0.4, -0.2) is 0 Å². The Hall–Kier alpha value is 0.180. The van der Waals surface area contributed by atoms with E-state index >= 15 is 0 Å². The molecule has 0 N–H and O–H groups in total. The van der Waals surface area contributed by atoms with Crippen molar-refractivity contribution in [3.8, 4) is 0 Å². The molecular formula is C8H11BrS. The van der Waals surface area contributed by atoms with Gasteiger partial charge in [-0.2, -0.15) is 0 Å². The fourth-order valence-electron chi connectivity index (χ4n) is 0.929. The summed E-state index contributed by atoms with van der Waals surface area (Å²) in [5.74, 6) is 0. The lowest BCUT2D eigenvalue weighted by molar-refractivity contribution is 0.936. The first kappa shape index (κ1) is 8.28. The summed E-state index contributed by atoms with van der Waals surface area (Å²) in [6.07, 6.45) is 2.44. The molecule has 0 aromatic carbocycles. The highest BCUT2D eigenvalue weighted by Crippen LogP contribution is 2.27. The number of rotatable bonds is 2. The summed E-state index contributed by atoms with van der Waals surface area (Å²) >= 11 is 5.42. The fourth-order valence-corrected chi connectivity index (χ4v) is 2.89. The summed E-state index contributed by atoms with van der Waals surface area (Å²) in [7, 11) is 0. The van der Waals surface area contributed by atoms with Crippen LogP contribution < -0.4 is 0 Å². The monoisotopic (exact) mass is 218 g/mol. The van der Waals surface area contributed by atoms with Crippen molar-refractivity contribution in [2.75, 3.05) is 0 Å². The molecule has 0 aliphatic rings. The average Bonchev–Trinajstić information content (AvgIpc) is 2.13. The van der Waals surface area contributed by atoms with E-state index in [4.69, 9.17) is 0 Å². The van der Waals surface area contributed by atoms with E-state index in [0.717, 1.165) is 0 Å². The second-order valence-electron chi connectivity index (χ2n) is 2.38. The van der Waals surface area contributed by atoms with E-state index < -0.39 is 0 Å². The molecule has 0 unspecified atom stereocenters. The van der Waals surface area contributed by atoms with Crippen molar-refractivity contribution in [2.45, 2.75) is 26.7 Å². The van der Waals surface area contributed by atoms with E-state index in [-0.39, 0.29) is 0 Å². The first-order chi connectivity index (χ1) is 4.74. The van der Waals surface area contributed by atoms with E-state index in [1.54, 1.807) is 0 Å². The molecule has 1 rings (SSSR count). The fraction of sp³-hybridized carbons (Fsp3) is 0.500. The van der Waals surface area contributed by atoms with Crippen molar-refractivity contribution < 1.29 is 0 Å². The number of hydrogen-bond acceptors (Lipinski definition) is 1. The molecule has 1 aromatic rings. The number of thiophene rings is 1. The molecule has 0 spiro atoms. The molecule has 0 nitrogen and oxygen atoms in total. The van der Waals surface area contributed by atoms with Crippen LogP contribution in [0.4, 0.5) is 0 Å². The van der Waals surface area contributed by atoms with Crippen LogP contribution in [0.2, 0.25) is 0 Å². The molecule has 0 aliphatic heterocycles. The lowest BCUT2D eigenvalue weighted by Crippen LogP contribution is -1.74. The van der Waals surface area contributed by atoms with Crippen LogP contribution in [0.25, 0.3) is 0 Å². The maximum Gasteiger partial charge on any atom is 0.0317 e. The van der Waals surface area contributed by atoms with Gasteiger partial charge in [0.05, 0.1) is 0 Å². The van der Waals surface area contributed by atoms with E-state index in [2.05, 4.69) is 35.8 Å². The van der Waals surface area contributed by atoms with Crippen LogP contribution in [0, 0.1) is 6.92 Å². The zero-order chi connectivity index (χ0) is 7.56. The molecule has 56 valence electrons. The molecule has 0 fully saturated rings. The highest BCUT2D eigenvalue weighted by atomic mass is 79.9.